The molecular weight excluding hydrogens is 326 g/mol. The molecule has 126 valence electrons. The lowest BCUT2D eigenvalue weighted by Gasteiger charge is -2.08. The average molecular weight is 339 g/mol. The molecule has 0 unspecified atom stereocenters. The van der Waals surface area contributed by atoms with Gasteiger partial charge in [-0.3, -0.25) is 4.79 Å². The molecule has 0 aromatic heterocycles. The molecule has 3 nitrogen and oxygen atoms in total. The highest BCUT2D eigenvalue weighted by atomic mass is 19.4. The van der Waals surface area contributed by atoms with Crippen LogP contribution < -0.4 is 10.1 Å². The zero-order valence-electron chi connectivity index (χ0n) is 12.3. The fourth-order valence-corrected chi connectivity index (χ4v) is 1.85. The summed E-state index contributed by atoms with van der Waals surface area (Å²) in [6, 6.07) is 10.9. The SMILES string of the molecule is O=C(/C=C/c1ccc(OC(F)(F)F)cc1)NCc1cccc(F)c1. The maximum atomic E-state index is 13.0. The molecule has 0 heterocycles. The summed E-state index contributed by atoms with van der Waals surface area (Å²) in [5.41, 5.74) is 1.15. The van der Waals surface area contributed by atoms with E-state index in [-0.39, 0.29) is 12.3 Å². The summed E-state index contributed by atoms with van der Waals surface area (Å²) >= 11 is 0. The number of nitrogens with one attached hydrogen (secondary N) is 1. The van der Waals surface area contributed by atoms with Crippen LogP contribution in [-0.2, 0) is 11.3 Å². The van der Waals surface area contributed by atoms with Crippen LogP contribution in [0.15, 0.2) is 54.6 Å². The molecule has 1 N–H and O–H groups in total. The zero-order chi connectivity index (χ0) is 17.6. The molecule has 24 heavy (non-hydrogen) atoms. The predicted molar refractivity (Wildman–Crippen MR) is 80.4 cm³/mol. The van der Waals surface area contributed by atoms with Crippen molar-refractivity contribution in [1.82, 2.24) is 5.32 Å². The van der Waals surface area contributed by atoms with E-state index < -0.39 is 18.1 Å². The minimum atomic E-state index is -4.74. The van der Waals surface area contributed by atoms with E-state index in [1.807, 2.05) is 0 Å². The molecule has 0 aliphatic heterocycles. The Hall–Kier alpha value is -2.83. The molecule has 0 atom stereocenters. The number of alkyl halides is 3. The van der Waals surface area contributed by atoms with Gasteiger partial charge in [-0.15, -0.1) is 13.2 Å². The fraction of sp³-hybridized carbons (Fsp3) is 0.118. The van der Waals surface area contributed by atoms with Crippen LogP contribution in [0.25, 0.3) is 6.08 Å². The van der Waals surface area contributed by atoms with Crippen LogP contribution in [0.2, 0.25) is 0 Å². The second kappa shape index (κ2) is 7.63. The number of hydrogen-bond donors (Lipinski definition) is 1. The van der Waals surface area contributed by atoms with Crippen LogP contribution in [0.4, 0.5) is 17.6 Å². The van der Waals surface area contributed by atoms with Crippen LogP contribution in [-0.4, -0.2) is 12.3 Å². The lowest BCUT2D eigenvalue weighted by atomic mass is 10.2. The minimum absolute atomic E-state index is 0.166. The van der Waals surface area contributed by atoms with Gasteiger partial charge in [0.15, 0.2) is 0 Å². The molecule has 2 rings (SSSR count). The third-order valence-electron chi connectivity index (χ3n) is 2.90. The van der Waals surface area contributed by atoms with Gasteiger partial charge in [-0.2, -0.15) is 0 Å². The van der Waals surface area contributed by atoms with Crippen molar-refractivity contribution in [2.75, 3.05) is 0 Å². The van der Waals surface area contributed by atoms with Crippen LogP contribution >= 0.6 is 0 Å². The molecular formula is C17H13F4NO2. The Balaban J connectivity index is 1.87. The molecule has 0 aliphatic rings. The number of halogens is 4. The standard InChI is InChI=1S/C17H13F4NO2/c18-14-3-1-2-13(10-14)11-22-16(23)9-6-12-4-7-15(8-5-12)24-17(19,20)21/h1-10H,11H2,(H,22,23)/b9-6+. The van der Waals surface area contributed by atoms with Crippen molar-refractivity contribution >= 4 is 12.0 Å². The first-order valence-electron chi connectivity index (χ1n) is 6.88. The lowest BCUT2D eigenvalue weighted by Crippen LogP contribution is -2.20. The first-order valence-corrected chi connectivity index (χ1v) is 6.88. The Labute approximate surface area is 135 Å². The van der Waals surface area contributed by atoms with Gasteiger partial charge in [0.2, 0.25) is 5.91 Å². The van der Waals surface area contributed by atoms with Gasteiger partial charge < -0.3 is 10.1 Å². The van der Waals surface area contributed by atoms with Gasteiger partial charge in [0.05, 0.1) is 0 Å². The molecule has 0 fully saturated rings. The number of amides is 1. The highest BCUT2D eigenvalue weighted by Gasteiger charge is 2.30. The second-order valence-electron chi connectivity index (χ2n) is 4.80. The largest absolute Gasteiger partial charge is 0.573 e. The number of carbonyl (C=O) groups is 1. The van der Waals surface area contributed by atoms with Crippen LogP contribution in [0.3, 0.4) is 0 Å². The molecule has 0 spiro atoms. The third-order valence-corrected chi connectivity index (χ3v) is 2.90. The van der Waals surface area contributed by atoms with Gasteiger partial charge >= 0.3 is 6.36 Å². The normalized spacial score (nSPS) is 11.5. The maximum absolute atomic E-state index is 13.0. The summed E-state index contributed by atoms with van der Waals surface area (Å²) < 4.78 is 52.8. The number of benzene rings is 2. The van der Waals surface area contributed by atoms with Gasteiger partial charge in [-0.1, -0.05) is 24.3 Å². The number of carbonyl (C=O) groups excluding carboxylic acids is 1. The monoisotopic (exact) mass is 339 g/mol. The molecule has 0 bridgehead atoms. The van der Waals surface area contributed by atoms with Crippen molar-refractivity contribution in [2.24, 2.45) is 0 Å². The van der Waals surface area contributed by atoms with E-state index in [1.54, 1.807) is 6.07 Å². The Morgan fingerprint density at radius 3 is 2.46 bits per heavy atom. The first kappa shape index (κ1) is 17.5. The second-order valence-corrected chi connectivity index (χ2v) is 4.80. The Kier molecular flexibility index (Phi) is 5.57. The molecule has 7 heteroatoms. The Bertz CT molecular complexity index is 724. The molecule has 0 radical (unpaired) electrons. The topological polar surface area (TPSA) is 38.3 Å². The molecule has 0 saturated heterocycles. The average Bonchev–Trinajstić information content (AvgIpc) is 2.51. The summed E-state index contributed by atoms with van der Waals surface area (Å²) in [5.74, 6) is -1.14. The van der Waals surface area contributed by atoms with E-state index in [4.69, 9.17) is 0 Å². The van der Waals surface area contributed by atoms with Crippen molar-refractivity contribution in [3.8, 4) is 5.75 Å². The number of hydrogen-bond acceptors (Lipinski definition) is 2. The molecule has 0 aliphatic carbocycles. The van der Waals surface area contributed by atoms with Crippen molar-refractivity contribution < 1.29 is 27.1 Å². The lowest BCUT2D eigenvalue weighted by molar-refractivity contribution is -0.274. The maximum Gasteiger partial charge on any atom is 0.573 e. The highest BCUT2D eigenvalue weighted by Crippen LogP contribution is 2.22. The molecule has 0 saturated carbocycles. The Morgan fingerprint density at radius 2 is 1.83 bits per heavy atom. The quantitative estimate of drug-likeness (QED) is 0.659. The van der Waals surface area contributed by atoms with E-state index in [1.165, 1.54) is 42.5 Å². The highest BCUT2D eigenvalue weighted by molar-refractivity contribution is 5.91. The summed E-state index contributed by atoms with van der Waals surface area (Å²) in [6.45, 7) is 0.166. The number of ether oxygens (including phenoxy) is 1. The van der Waals surface area contributed by atoms with Gasteiger partial charge in [0.1, 0.15) is 11.6 Å². The summed E-state index contributed by atoms with van der Waals surface area (Å²) in [7, 11) is 0. The zero-order valence-corrected chi connectivity index (χ0v) is 12.3. The van der Waals surface area contributed by atoms with Crippen LogP contribution in [0.5, 0.6) is 5.75 Å². The number of rotatable bonds is 5. The van der Waals surface area contributed by atoms with Crippen molar-refractivity contribution in [3.05, 3.63) is 71.6 Å². The van der Waals surface area contributed by atoms with E-state index >= 15 is 0 Å². The van der Waals surface area contributed by atoms with Crippen molar-refractivity contribution in [2.45, 2.75) is 12.9 Å². The van der Waals surface area contributed by atoms with Crippen molar-refractivity contribution in [3.63, 3.8) is 0 Å². The van der Waals surface area contributed by atoms with Gasteiger partial charge in [-0.05, 0) is 41.5 Å². The first-order chi connectivity index (χ1) is 11.3. The van der Waals surface area contributed by atoms with Gasteiger partial charge in [0, 0.05) is 12.6 Å². The smallest absolute Gasteiger partial charge is 0.406 e. The summed E-state index contributed by atoms with van der Waals surface area (Å²) in [5, 5.41) is 2.57. The van der Waals surface area contributed by atoms with Crippen LogP contribution in [0, 0.1) is 5.82 Å². The Morgan fingerprint density at radius 1 is 1.12 bits per heavy atom. The molecule has 2 aromatic rings. The minimum Gasteiger partial charge on any atom is -0.406 e. The third kappa shape index (κ3) is 6.12. The molecule has 2 aromatic carbocycles. The van der Waals surface area contributed by atoms with E-state index in [2.05, 4.69) is 10.1 Å². The summed E-state index contributed by atoms with van der Waals surface area (Å²) in [6.07, 6.45) is -2.06. The molecule has 1 amide bonds. The predicted octanol–water partition coefficient (Wildman–Crippen LogP) is 4.05. The van der Waals surface area contributed by atoms with E-state index in [0.717, 1.165) is 12.1 Å². The van der Waals surface area contributed by atoms with Crippen molar-refractivity contribution in [1.29, 1.82) is 0 Å². The van der Waals surface area contributed by atoms with E-state index in [9.17, 15) is 22.4 Å². The fourth-order valence-electron chi connectivity index (χ4n) is 1.85. The summed E-state index contributed by atoms with van der Waals surface area (Å²) in [4.78, 5) is 11.7. The van der Waals surface area contributed by atoms with Gasteiger partial charge in [0.25, 0.3) is 0 Å². The van der Waals surface area contributed by atoms with Gasteiger partial charge in [-0.25, -0.2) is 4.39 Å². The van der Waals surface area contributed by atoms with E-state index in [0.29, 0.717) is 11.1 Å². The van der Waals surface area contributed by atoms with Crippen LogP contribution in [0.1, 0.15) is 11.1 Å².